The number of hydrogen-bond donors (Lipinski definition) is 1. The summed E-state index contributed by atoms with van der Waals surface area (Å²) in [4.78, 5) is 12.9. The van der Waals surface area contributed by atoms with Crippen LogP contribution in [0.3, 0.4) is 0 Å². The number of methoxy groups -OCH3 is 1. The van der Waals surface area contributed by atoms with Gasteiger partial charge in [-0.1, -0.05) is 35.3 Å². The van der Waals surface area contributed by atoms with Crippen LogP contribution in [0.1, 0.15) is 18.0 Å². The lowest BCUT2D eigenvalue weighted by molar-refractivity contribution is -0.110. The fourth-order valence-corrected chi connectivity index (χ4v) is 3.55. The molecule has 1 amide bonds. The van der Waals surface area contributed by atoms with Crippen molar-refractivity contribution in [3.63, 3.8) is 0 Å². The number of hydrazone groups is 1. The molecule has 3 aromatic rings. The Morgan fingerprint density at radius 2 is 1.57 bits per heavy atom. The van der Waals surface area contributed by atoms with E-state index in [0.29, 0.717) is 27.9 Å². The summed E-state index contributed by atoms with van der Waals surface area (Å²) in [6, 6.07) is 22.0. The predicted molar refractivity (Wildman–Crippen MR) is 122 cm³/mol. The Morgan fingerprint density at radius 1 is 0.967 bits per heavy atom. The molecule has 152 valence electrons. The lowest BCUT2D eigenvalue weighted by Crippen LogP contribution is -2.21. The monoisotopic (exact) mass is 439 g/mol. The van der Waals surface area contributed by atoms with Crippen LogP contribution in [-0.2, 0) is 4.79 Å². The molecule has 5 nitrogen and oxygen atoms in total. The second-order valence-electron chi connectivity index (χ2n) is 6.82. The highest BCUT2D eigenvalue weighted by Crippen LogP contribution is 2.36. The van der Waals surface area contributed by atoms with Gasteiger partial charge in [0, 0.05) is 22.2 Å². The minimum absolute atomic E-state index is 0.125. The van der Waals surface area contributed by atoms with Crippen molar-refractivity contribution in [3.05, 3.63) is 88.4 Å². The summed E-state index contributed by atoms with van der Waals surface area (Å²) in [6.07, 6.45) is 0.465. The van der Waals surface area contributed by atoms with Crippen LogP contribution in [0.25, 0.3) is 0 Å². The first-order valence-corrected chi connectivity index (χ1v) is 10.1. The number of halogens is 2. The molecule has 1 N–H and O–H groups in total. The molecule has 0 bridgehead atoms. The van der Waals surface area contributed by atoms with Crippen LogP contribution >= 0.6 is 23.2 Å². The number of hydrogen-bond acceptors (Lipinski definition) is 4. The smallest absolute Gasteiger partial charge is 0.271 e. The molecule has 3 aromatic carbocycles. The van der Waals surface area contributed by atoms with Crippen LogP contribution in [0.15, 0.2) is 77.9 Å². The van der Waals surface area contributed by atoms with Crippen molar-refractivity contribution >= 4 is 46.2 Å². The zero-order chi connectivity index (χ0) is 21.1. The summed E-state index contributed by atoms with van der Waals surface area (Å²) in [5.74, 6) is 0.485. The van der Waals surface area contributed by atoms with Crippen molar-refractivity contribution in [1.29, 1.82) is 0 Å². The molecule has 0 aromatic heterocycles. The number of anilines is 2. The molecular formula is C23H19Cl2N3O2. The Bertz CT molecular complexity index is 1070. The van der Waals surface area contributed by atoms with E-state index in [1.165, 1.54) is 0 Å². The summed E-state index contributed by atoms with van der Waals surface area (Å²) in [7, 11) is 1.60. The zero-order valence-electron chi connectivity index (χ0n) is 16.2. The van der Waals surface area contributed by atoms with Gasteiger partial charge in [-0.2, -0.15) is 5.10 Å². The van der Waals surface area contributed by atoms with Crippen LogP contribution in [-0.4, -0.2) is 18.7 Å². The Balaban J connectivity index is 1.60. The summed E-state index contributed by atoms with van der Waals surface area (Å²) in [5, 5.41) is 10.7. The van der Waals surface area contributed by atoms with Gasteiger partial charge >= 0.3 is 0 Å². The zero-order valence-corrected chi connectivity index (χ0v) is 17.7. The maximum Gasteiger partial charge on any atom is 0.271 e. The first kappa shape index (κ1) is 20.3. The third kappa shape index (κ3) is 4.42. The number of benzene rings is 3. The van der Waals surface area contributed by atoms with Crippen molar-refractivity contribution in [1.82, 2.24) is 0 Å². The molecule has 1 heterocycles. The summed E-state index contributed by atoms with van der Waals surface area (Å²) >= 11 is 12.1. The normalized spacial score (nSPS) is 15.6. The molecule has 0 saturated heterocycles. The average Bonchev–Trinajstić information content (AvgIpc) is 3.21. The second-order valence-corrected chi connectivity index (χ2v) is 7.69. The van der Waals surface area contributed by atoms with Crippen LogP contribution < -0.4 is 15.1 Å². The maximum absolute atomic E-state index is 12.9. The number of carbonyl (C=O) groups excluding carboxylic acids is 1. The third-order valence-electron chi connectivity index (χ3n) is 4.87. The van der Waals surface area contributed by atoms with E-state index in [9.17, 15) is 4.79 Å². The van der Waals surface area contributed by atoms with Crippen LogP contribution in [0, 0.1) is 0 Å². The minimum atomic E-state index is -0.240. The summed E-state index contributed by atoms with van der Waals surface area (Å²) < 4.78 is 5.15. The van der Waals surface area contributed by atoms with E-state index in [1.807, 2.05) is 41.4 Å². The molecule has 0 spiro atoms. The molecule has 7 heteroatoms. The minimum Gasteiger partial charge on any atom is -0.497 e. The first-order chi connectivity index (χ1) is 14.5. The van der Waals surface area contributed by atoms with Crippen molar-refractivity contribution in [2.24, 2.45) is 5.10 Å². The van der Waals surface area contributed by atoms with Gasteiger partial charge in [0.15, 0.2) is 0 Å². The highest BCUT2D eigenvalue weighted by atomic mass is 35.5. The quantitative estimate of drug-likeness (QED) is 0.534. The Hall–Kier alpha value is -3.02. The SMILES string of the molecule is COc1ccc(NC(=O)C2=NN(c3ccc(Cl)cc3)C(c3ccc(Cl)cc3)C2)cc1. The topological polar surface area (TPSA) is 53.9 Å². The van der Waals surface area contributed by atoms with Gasteiger partial charge < -0.3 is 10.1 Å². The van der Waals surface area contributed by atoms with Gasteiger partial charge in [-0.3, -0.25) is 9.80 Å². The van der Waals surface area contributed by atoms with Crippen LogP contribution in [0.2, 0.25) is 10.0 Å². The van der Waals surface area contributed by atoms with E-state index in [4.69, 9.17) is 27.9 Å². The van der Waals surface area contributed by atoms with Gasteiger partial charge in [-0.15, -0.1) is 0 Å². The van der Waals surface area contributed by atoms with E-state index in [1.54, 1.807) is 43.5 Å². The fraction of sp³-hybridized carbons (Fsp3) is 0.130. The second kappa shape index (κ2) is 8.78. The number of nitrogens with zero attached hydrogens (tertiary/aromatic N) is 2. The van der Waals surface area contributed by atoms with Gasteiger partial charge in [0.05, 0.1) is 18.8 Å². The maximum atomic E-state index is 12.9. The molecule has 0 saturated carbocycles. The number of ether oxygens (including phenoxy) is 1. The molecule has 30 heavy (non-hydrogen) atoms. The lowest BCUT2D eigenvalue weighted by atomic mass is 10.0. The van der Waals surface area contributed by atoms with Gasteiger partial charge in [-0.05, 0) is 66.2 Å². The number of rotatable bonds is 5. The molecule has 0 radical (unpaired) electrons. The Labute approximate surface area is 184 Å². The highest BCUT2D eigenvalue weighted by molar-refractivity contribution is 6.43. The standard InChI is InChI=1S/C23H19Cl2N3O2/c1-30-20-12-8-18(9-13-20)26-23(29)21-14-22(15-2-4-16(24)5-3-15)28(27-21)19-10-6-17(25)7-11-19/h2-13,22H,14H2,1H3,(H,26,29). The Morgan fingerprint density at radius 3 is 2.17 bits per heavy atom. The number of carbonyl (C=O) groups is 1. The van der Waals surface area contributed by atoms with E-state index in [-0.39, 0.29) is 11.9 Å². The van der Waals surface area contributed by atoms with Gasteiger partial charge in [0.25, 0.3) is 5.91 Å². The van der Waals surface area contributed by atoms with Gasteiger partial charge in [-0.25, -0.2) is 0 Å². The highest BCUT2D eigenvalue weighted by Gasteiger charge is 2.32. The van der Waals surface area contributed by atoms with Crippen LogP contribution in [0.4, 0.5) is 11.4 Å². The van der Waals surface area contributed by atoms with E-state index < -0.39 is 0 Å². The van der Waals surface area contributed by atoms with Crippen molar-refractivity contribution in [3.8, 4) is 5.75 Å². The molecule has 1 aliphatic rings. The van der Waals surface area contributed by atoms with Crippen molar-refractivity contribution in [2.45, 2.75) is 12.5 Å². The molecule has 1 unspecified atom stereocenters. The summed E-state index contributed by atoms with van der Waals surface area (Å²) in [6.45, 7) is 0. The number of nitrogens with one attached hydrogen (secondary N) is 1. The summed E-state index contributed by atoms with van der Waals surface area (Å²) in [5.41, 5.74) is 2.99. The first-order valence-electron chi connectivity index (χ1n) is 9.36. The van der Waals surface area contributed by atoms with Crippen LogP contribution in [0.5, 0.6) is 5.75 Å². The molecule has 0 fully saturated rings. The molecule has 1 atom stereocenters. The molecular weight excluding hydrogens is 421 g/mol. The van der Waals surface area contributed by atoms with E-state index in [0.717, 1.165) is 17.0 Å². The third-order valence-corrected chi connectivity index (χ3v) is 5.37. The lowest BCUT2D eigenvalue weighted by Gasteiger charge is -2.24. The van der Waals surface area contributed by atoms with Gasteiger partial charge in [0.1, 0.15) is 11.5 Å². The number of amides is 1. The molecule has 1 aliphatic heterocycles. The van der Waals surface area contributed by atoms with Crippen molar-refractivity contribution in [2.75, 3.05) is 17.4 Å². The fourth-order valence-electron chi connectivity index (χ4n) is 3.30. The Kier molecular flexibility index (Phi) is 5.93. The molecule has 0 aliphatic carbocycles. The van der Waals surface area contributed by atoms with Gasteiger partial charge in [0.2, 0.25) is 0 Å². The predicted octanol–water partition coefficient (Wildman–Crippen LogP) is 5.95. The molecule has 4 rings (SSSR count). The van der Waals surface area contributed by atoms with Crippen molar-refractivity contribution < 1.29 is 9.53 Å². The van der Waals surface area contributed by atoms with E-state index >= 15 is 0 Å². The van der Waals surface area contributed by atoms with E-state index in [2.05, 4.69) is 10.4 Å². The average molecular weight is 440 g/mol. The largest absolute Gasteiger partial charge is 0.497 e.